The van der Waals surface area contributed by atoms with Crippen LogP contribution in [0.4, 0.5) is 0 Å². The predicted octanol–water partition coefficient (Wildman–Crippen LogP) is 3.01. The lowest BCUT2D eigenvalue weighted by atomic mass is 9.46. The molecule has 0 amide bonds. The van der Waals surface area contributed by atoms with Gasteiger partial charge in [0.25, 0.3) is 0 Å². The Bertz CT molecular complexity index is 771. The molecule has 5 aliphatic rings. The van der Waals surface area contributed by atoms with Crippen molar-refractivity contribution in [3.63, 3.8) is 0 Å². The molecule has 5 heteroatoms. The van der Waals surface area contributed by atoms with Gasteiger partial charge in [-0.15, -0.1) is 0 Å². The van der Waals surface area contributed by atoms with E-state index in [0.717, 1.165) is 45.2 Å². The van der Waals surface area contributed by atoms with Gasteiger partial charge in [0.1, 0.15) is 11.6 Å². The highest BCUT2D eigenvalue weighted by Gasteiger charge is 2.63. The van der Waals surface area contributed by atoms with E-state index in [1.807, 2.05) is 0 Å². The van der Waals surface area contributed by atoms with Gasteiger partial charge in [0.05, 0.1) is 19.3 Å². The fraction of sp³-hybridized carbons (Fsp3) is 0.840. The molecule has 5 rings (SSSR count). The Labute approximate surface area is 180 Å². The minimum Gasteiger partial charge on any atom is -0.387 e. The minimum atomic E-state index is -0.458. The van der Waals surface area contributed by atoms with E-state index >= 15 is 0 Å². The van der Waals surface area contributed by atoms with Gasteiger partial charge in [-0.3, -0.25) is 14.5 Å². The van der Waals surface area contributed by atoms with E-state index in [-0.39, 0.29) is 34.5 Å². The number of fused-ring (bicyclic) bond motifs is 5. The van der Waals surface area contributed by atoms with E-state index in [1.54, 1.807) is 6.92 Å². The largest absolute Gasteiger partial charge is 0.387 e. The van der Waals surface area contributed by atoms with Crippen LogP contribution in [0.5, 0.6) is 0 Å². The lowest BCUT2D eigenvalue weighted by molar-refractivity contribution is -0.149. The van der Waals surface area contributed by atoms with E-state index in [2.05, 4.69) is 24.8 Å². The third-order valence-electron chi connectivity index (χ3n) is 9.83. The molecule has 4 fully saturated rings. The molecule has 1 unspecified atom stereocenters. The topological polar surface area (TPSA) is 66.8 Å². The van der Waals surface area contributed by atoms with Crippen molar-refractivity contribution in [2.45, 2.75) is 71.4 Å². The highest BCUT2D eigenvalue weighted by Crippen LogP contribution is 2.65. The number of Topliss-reactive ketones (excluding diaryl/α,β-unsaturated/α-hetero) is 2. The molecule has 1 N–H and O–H groups in total. The molecule has 0 aromatic heterocycles. The highest BCUT2D eigenvalue weighted by atomic mass is 16.5. The maximum atomic E-state index is 13.7. The molecule has 1 aliphatic heterocycles. The first-order valence-corrected chi connectivity index (χ1v) is 12.0. The summed E-state index contributed by atoms with van der Waals surface area (Å²) < 4.78 is 5.53. The Morgan fingerprint density at radius 2 is 1.93 bits per heavy atom. The lowest BCUT2D eigenvalue weighted by Gasteiger charge is -2.58. The van der Waals surface area contributed by atoms with Crippen LogP contribution in [-0.2, 0) is 14.3 Å². The van der Waals surface area contributed by atoms with Crippen LogP contribution in [0.25, 0.3) is 0 Å². The average Bonchev–Trinajstić information content (AvgIpc) is 3.05. The third-order valence-corrected chi connectivity index (χ3v) is 9.83. The maximum absolute atomic E-state index is 13.7. The summed E-state index contributed by atoms with van der Waals surface area (Å²) in [5.74, 6) is 1.58. The zero-order valence-corrected chi connectivity index (χ0v) is 18.7. The van der Waals surface area contributed by atoms with E-state index in [9.17, 15) is 14.7 Å². The van der Waals surface area contributed by atoms with Crippen molar-refractivity contribution in [1.82, 2.24) is 4.90 Å². The van der Waals surface area contributed by atoms with E-state index < -0.39 is 6.10 Å². The van der Waals surface area contributed by atoms with Gasteiger partial charge in [-0.1, -0.05) is 25.5 Å². The summed E-state index contributed by atoms with van der Waals surface area (Å²) in [6.45, 7) is 9.37. The Morgan fingerprint density at radius 3 is 2.63 bits per heavy atom. The van der Waals surface area contributed by atoms with Crippen LogP contribution in [0, 0.1) is 34.5 Å². The molecule has 8 atom stereocenters. The summed E-state index contributed by atoms with van der Waals surface area (Å²) in [7, 11) is 0. The number of nitrogens with zero attached hydrogens (tertiary/aromatic N) is 1. The van der Waals surface area contributed by atoms with Gasteiger partial charge >= 0.3 is 0 Å². The van der Waals surface area contributed by atoms with Crippen molar-refractivity contribution in [3.05, 3.63) is 11.6 Å². The molecule has 0 spiro atoms. The number of aliphatic hydroxyl groups excluding tert-OH is 1. The first-order chi connectivity index (χ1) is 14.3. The SMILES string of the molecule is CC(=O)[C@H]1CC[C@H]2[C@@H]3CCC4=C[C@H](O)C(N5CCOCC5)C[C@]4(C)[C@H]3C(=O)C[C@]12C. The van der Waals surface area contributed by atoms with Crippen LogP contribution >= 0.6 is 0 Å². The molecule has 4 aliphatic carbocycles. The van der Waals surface area contributed by atoms with Crippen molar-refractivity contribution in [2.75, 3.05) is 26.3 Å². The molecule has 0 bridgehead atoms. The molecular formula is C25H37NO4. The van der Waals surface area contributed by atoms with Crippen LogP contribution in [0.2, 0.25) is 0 Å². The first kappa shape index (κ1) is 20.8. The summed E-state index contributed by atoms with van der Waals surface area (Å²) in [5.41, 5.74) is 0.982. The molecule has 5 nitrogen and oxygen atoms in total. The van der Waals surface area contributed by atoms with Gasteiger partial charge < -0.3 is 9.84 Å². The van der Waals surface area contributed by atoms with E-state index in [0.29, 0.717) is 37.3 Å². The molecule has 30 heavy (non-hydrogen) atoms. The molecule has 1 heterocycles. The van der Waals surface area contributed by atoms with Crippen molar-refractivity contribution >= 4 is 11.6 Å². The fourth-order valence-electron chi connectivity index (χ4n) is 8.51. The molecule has 166 valence electrons. The summed E-state index contributed by atoms with van der Waals surface area (Å²) in [5, 5.41) is 10.9. The molecule has 3 saturated carbocycles. The van der Waals surface area contributed by atoms with Gasteiger partial charge in [0.2, 0.25) is 0 Å². The highest BCUT2D eigenvalue weighted by molar-refractivity contribution is 5.87. The number of carbonyl (C=O) groups is 2. The quantitative estimate of drug-likeness (QED) is 0.703. The number of hydrogen-bond donors (Lipinski definition) is 1. The van der Waals surface area contributed by atoms with Crippen LogP contribution in [0.3, 0.4) is 0 Å². The standard InChI is InChI=1S/C25H37NO4/c1-15(27)18-6-7-19-17-5-4-16-12-21(28)20(26-8-10-30-11-9-26)13-24(16,2)23(17)22(29)14-25(18,19)3/h12,17-21,23,28H,4-11,13-14H2,1-3H3/t17-,18+,19-,20?,21-,23+,24-,25+/m0/s1. The van der Waals surface area contributed by atoms with Crippen LogP contribution in [-0.4, -0.2) is 60.0 Å². The number of carbonyl (C=O) groups excluding carboxylic acids is 2. The number of hydrogen-bond acceptors (Lipinski definition) is 5. The van der Waals surface area contributed by atoms with Gasteiger partial charge in [0.15, 0.2) is 0 Å². The lowest BCUT2D eigenvalue weighted by Crippen LogP contribution is -2.59. The van der Waals surface area contributed by atoms with Crippen LogP contribution in [0.1, 0.15) is 59.3 Å². The van der Waals surface area contributed by atoms with E-state index in [4.69, 9.17) is 4.74 Å². The monoisotopic (exact) mass is 415 g/mol. The van der Waals surface area contributed by atoms with Crippen molar-refractivity contribution in [1.29, 1.82) is 0 Å². The summed E-state index contributed by atoms with van der Waals surface area (Å²) in [6.07, 6.45) is 7.07. The predicted molar refractivity (Wildman–Crippen MR) is 114 cm³/mol. The van der Waals surface area contributed by atoms with Gasteiger partial charge in [0, 0.05) is 42.8 Å². The Morgan fingerprint density at radius 1 is 1.20 bits per heavy atom. The molecule has 0 radical (unpaired) electrons. The number of morpholine rings is 1. The number of aliphatic hydroxyl groups is 1. The first-order valence-electron chi connectivity index (χ1n) is 12.0. The Kier molecular flexibility index (Phi) is 5.03. The maximum Gasteiger partial charge on any atom is 0.137 e. The number of rotatable bonds is 2. The Balaban J connectivity index is 1.48. The normalized spacial score (nSPS) is 49.1. The summed E-state index contributed by atoms with van der Waals surface area (Å²) >= 11 is 0. The third kappa shape index (κ3) is 2.91. The van der Waals surface area contributed by atoms with Crippen molar-refractivity contribution < 1.29 is 19.4 Å². The van der Waals surface area contributed by atoms with Gasteiger partial charge in [-0.05, 0) is 56.3 Å². The average molecular weight is 416 g/mol. The second kappa shape index (κ2) is 7.25. The number of ketones is 2. The van der Waals surface area contributed by atoms with Gasteiger partial charge in [-0.2, -0.15) is 0 Å². The minimum absolute atomic E-state index is 0.0392. The Hall–Kier alpha value is -1.04. The number of allylic oxidation sites excluding steroid dienone is 1. The molecular weight excluding hydrogens is 378 g/mol. The van der Waals surface area contributed by atoms with Gasteiger partial charge in [-0.25, -0.2) is 0 Å². The smallest absolute Gasteiger partial charge is 0.137 e. The second-order valence-electron chi connectivity index (χ2n) is 11.2. The molecule has 0 aromatic carbocycles. The zero-order chi connectivity index (χ0) is 21.3. The summed E-state index contributed by atoms with van der Waals surface area (Å²) in [6, 6.07) is 0.0658. The zero-order valence-electron chi connectivity index (χ0n) is 18.7. The molecule has 1 saturated heterocycles. The van der Waals surface area contributed by atoms with Crippen LogP contribution < -0.4 is 0 Å². The van der Waals surface area contributed by atoms with Crippen LogP contribution in [0.15, 0.2) is 11.6 Å². The van der Waals surface area contributed by atoms with E-state index in [1.165, 1.54) is 5.57 Å². The fourth-order valence-corrected chi connectivity index (χ4v) is 8.51. The second-order valence-corrected chi connectivity index (χ2v) is 11.2. The molecule has 0 aromatic rings. The number of ether oxygens (including phenoxy) is 1. The summed E-state index contributed by atoms with van der Waals surface area (Å²) in [4.78, 5) is 28.5. The van der Waals surface area contributed by atoms with Crippen molar-refractivity contribution in [3.8, 4) is 0 Å². The van der Waals surface area contributed by atoms with Crippen molar-refractivity contribution in [2.24, 2.45) is 34.5 Å².